The molecule has 2 aliphatic carbocycles. The average Bonchev–Trinajstić information content (AvgIpc) is 2.95. The molecular formula is C17H27NO2. The topological polar surface area (TPSA) is 45.4 Å². The van der Waals surface area contributed by atoms with E-state index in [1.807, 2.05) is 0 Å². The fraction of sp³-hybridized carbons (Fsp3) is 0.765. The molecule has 0 radical (unpaired) electrons. The molecule has 1 aromatic heterocycles. The predicted molar refractivity (Wildman–Crippen MR) is 79.6 cm³/mol. The molecule has 0 saturated heterocycles. The second-order valence-corrected chi connectivity index (χ2v) is 6.70. The van der Waals surface area contributed by atoms with Gasteiger partial charge in [-0.3, -0.25) is 0 Å². The molecule has 20 heavy (non-hydrogen) atoms. The molecule has 0 spiro atoms. The zero-order chi connectivity index (χ0) is 14.0. The summed E-state index contributed by atoms with van der Waals surface area (Å²) in [6.07, 6.45) is 10.7. The molecule has 1 saturated carbocycles. The summed E-state index contributed by atoms with van der Waals surface area (Å²) in [6, 6.07) is 2.45. The lowest BCUT2D eigenvalue weighted by atomic mass is 9.77. The van der Waals surface area contributed by atoms with Gasteiger partial charge in [-0.2, -0.15) is 0 Å². The lowest BCUT2D eigenvalue weighted by molar-refractivity contribution is -0.0111. The van der Waals surface area contributed by atoms with Gasteiger partial charge in [-0.15, -0.1) is 0 Å². The summed E-state index contributed by atoms with van der Waals surface area (Å²) in [4.78, 5) is 0. The van der Waals surface area contributed by atoms with Crippen molar-refractivity contribution in [2.75, 3.05) is 6.54 Å². The van der Waals surface area contributed by atoms with Crippen molar-refractivity contribution in [3.63, 3.8) is 0 Å². The highest BCUT2D eigenvalue weighted by Gasteiger charge is 2.33. The Bertz CT molecular complexity index is 432. The van der Waals surface area contributed by atoms with Crippen LogP contribution in [0.2, 0.25) is 0 Å². The van der Waals surface area contributed by atoms with E-state index in [0.717, 1.165) is 43.9 Å². The SMILES string of the molecule is CCC1CCC(O)(CNC2CCCc3occc32)CC1. The second-order valence-electron chi connectivity index (χ2n) is 6.70. The summed E-state index contributed by atoms with van der Waals surface area (Å²) in [7, 11) is 0. The van der Waals surface area contributed by atoms with Crippen LogP contribution >= 0.6 is 0 Å². The van der Waals surface area contributed by atoms with Crippen LogP contribution in [-0.4, -0.2) is 17.3 Å². The molecule has 0 aliphatic heterocycles. The molecule has 1 atom stereocenters. The van der Waals surface area contributed by atoms with Crippen molar-refractivity contribution in [3.8, 4) is 0 Å². The van der Waals surface area contributed by atoms with Crippen LogP contribution in [0.4, 0.5) is 0 Å². The molecule has 0 amide bonds. The fourth-order valence-electron chi connectivity index (χ4n) is 3.81. The largest absolute Gasteiger partial charge is 0.469 e. The van der Waals surface area contributed by atoms with Crippen LogP contribution in [0.1, 0.15) is 69.2 Å². The monoisotopic (exact) mass is 277 g/mol. The van der Waals surface area contributed by atoms with Gasteiger partial charge in [0.25, 0.3) is 0 Å². The van der Waals surface area contributed by atoms with Gasteiger partial charge >= 0.3 is 0 Å². The van der Waals surface area contributed by atoms with E-state index in [-0.39, 0.29) is 0 Å². The summed E-state index contributed by atoms with van der Waals surface area (Å²) in [5.41, 5.74) is 0.814. The summed E-state index contributed by atoms with van der Waals surface area (Å²) in [5, 5.41) is 14.3. The third-order valence-electron chi connectivity index (χ3n) is 5.34. The number of nitrogens with one attached hydrogen (secondary N) is 1. The number of hydrogen-bond donors (Lipinski definition) is 2. The Hall–Kier alpha value is -0.800. The van der Waals surface area contributed by atoms with Crippen molar-refractivity contribution >= 4 is 0 Å². The number of rotatable bonds is 4. The Labute approximate surface area is 121 Å². The Balaban J connectivity index is 1.55. The third kappa shape index (κ3) is 2.94. The molecule has 1 fully saturated rings. The highest BCUT2D eigenvalue weighted by molar-refractivity contribution is 5.24. The number of aliphatic hydroxyl groups is 1. The standard InChI is InChI=1S/C17H27NO2/c1-2-13-6-9-17(19,10-7-13)12-18-15-4-3-5-16-14(15)8-11-20-16/h8,11,13,15,18-19H,2-7,9-10,12H2,1H3. The van der Waals surface area contributed by atoms with Gasteiger partial charge in [0, 0.05) is 24.6 Å². The van der Waals surface area contributed by atoms with Gasteiger partial charge in [0.15, 0.2) is 0 Å². The second kappa shape index (κ2) is 5.90. The molecule has 112 valence electrons. The maximum atomic E-state index is 10.7. The zero-order valence-corrected chi connectivity index (χ0v) is 12.5. The van der Waals surface area contributed by atoms with Crippen molar-refractivity contribution in [1.29, 1.82) is 0 Å². The molecule has 2 aliphatic rings. The van der Waals surface area contributed by atoms with Crippen LogP contribution in [0, 0.1) is 5.92 Å². The Morgan fingerprint density at radius 3 is 2.90 bits per heavy atom. The number of fused-ring (bicyclic) bond motifs is 1. The maximum absolute atomic E-state index is 10.7. The lowest BCUT2D eigenvalue weighted by Gasteiger charge is -2.37. The molecule has 1 unspecified atom stereocenters. The van der Waals surface area contributed by atoms with E-state index in [0.29, 0.717) is 6.04 Å². The van der Waals surface area contributed by atoms with Crippen molar-refractivity contribution in [2.45, 2.75) is 69.9 Å². The van der Waals surface area contributed by atoms with Crippen molar-refractivity contribution in [3.05, 3.63) is 23.7 Å². The zero-order valence-electron chi connectivity index (χ0n) is 12.5. The molecule has 3 rings (SSSR count). The lowest BCUT2D eigenvalue weighted by Crippen LogP contribution is -2.44. The molecule has 3 nitrogen and oxygen atoms in total. The molecule has 1 aromatic rings. The molecule has 3 heteroatoms. The van der Waals surface area contributed by atoms with E-state index < -0.39 is 5.60 Å². The number of aryl methyl sites for hydroxylation is 1. The van der Waals surface area contributed by atoms with E-state index in [2.05, 4.69) is 18.3 Å². The van der Waals surface area contributed by atoms with Crippen LogP contribution in [0.3, 0.4) is 0 Å². The number of furan rings is 1. The van der Waals surface area contributed by atoms with Crippen LogP contribution in [0.5, 0.6) is 0 Å². The summed E-state index contributed by atoms with van der Waals surface area (Å²) < 4.78 is 5.53. The minimum Gasteiger partial charge on any atom is -0.469 e. The molecule has 1 heterocycles. The molecule has 0 bridgehead atoms. The number of hydrogen-bond acceptors (Lipinski definition) is 3. The summed E-state index contributed by atoms with van der Waals surface area (Å²) in [5.74, 6) is 1.96. The smallest absolute Gasteiger partial charge is 0.108 e. The maximum Gasteiger partial charge on any atom is 0.108 e. The third-order valence-corrected chi connectivity index (χ3v) is 5.34. The highest BCUT2D eigenvalue weighted by atomic mass is 16.3. The average molecular weight is 277 g/mol. The normalized spacial score (nSPS) is 33.9. The van der Waals surface area contributed by atoms with Gasteiger partial charge in [0.2, 0.25) is 0 Å². The van der Waals surface area contributed by atoms with Gasteiger partial charge in [0.05, 0.1) is 11.9 Å². The van der Waals surface area contributed by atoms with Gasteiger partial charge in [-0.25, -0.2) is 0 Å². The van der Waals surface area contributed by atoms with Gasteiger partial charge in [-0.1, -0.05) is 13.3 Å². The van der Waals surface area contributed by atoms with E-state index >= 15 is 0 Å². The van der Waals surface area contributed by atoms with E-state index in [1.54, 1.807) is 6.26 Å². The van der Waals surface area contributed by atoms with Crippen molar-refractivity contribution in [1.82, 2.24) is 5.32 Å². The first-order chi connectivity index (χ1) is 9.70. The summed E-state index contributed by atoms with van der Waals surface area (Å²) in [6.45, 7) is 2.98. The first kappa shape index (κ1) is 14.2. The first-order valence-corrected chi connectivity index (χ1v) is 8.22. The Morgan fingerprint density at radius 2 is 2.15 bits per heavy atom. The molecule has 0 aromatic carbocycles. The van der Waals surface area contributed by atoms with Crippen LogP contribution in [0.25, 0.3) is 0 Å². The van der Waals surface area contributed by atoms with Gasteiger partial charge in [0.1, 0.15) is 5.76 Å². The minimum absolute atomic E-state index is 0.366. The van der Waals surface area contributed by atoms with Crippen LogP contribution in [-0.2, 0) is 6.42 Å². The fourth-order valence-corrected chi connectivity index (χ4v) is 3.81. The van der Waals surface area contributed by atoms with Gasteiger partial charge in [-0.05, 0) is 50.5 Å². The van der Waals surface area contributed by atoms with Crippen molar-refractivity contribution in [2.24, 2.45) is 5.92 Å². The highest BCUT2D eigenvalue weighted by Crippen LogP contribution is 2.35. The van der Waals surface area contributed by atoms with Crippen molar-refractivity contribution < 1.29 is 9.52 Å². The van der Waals surface area contributed by atoms with E-state index in [9.17, 15) is 5.11 Å². The molecular weight excluding hydrogens is 250 g/mol. The first-order valence-electron chi connectivity index (χ1n) is 8.22. The quantitative estimate of drug-likeness (QED) is 0.884. The van der Waals surface area contributed by atoms with Crippen LogP contribution in [0.15, 0.2) is 16.7 Å². The Kier molecular flexibility index (Phi) is 4.18. The van der Waals surface area contributed by atoms with Crippen LogP contribution < -0.4 is 5.32 Å². The molecule has 2 N–H and O–H groups in total. The predicted octanol–water partition coefficient (Wildman–Crippen LogP) is 3.58. The van der Waals surface area contributed by atoms with Gasteiger partial charge < -0.3 is 14.8 Å². The summed E-state index contributed by atoms with van der Waals surface area (Å²) >= 11 is 0. The Morgan fingerprint density at radius 1 is 1.35 bits per heavy atom. The minimum atomic E-state index is -0.493. The van der Waals surface area contributed by atoms with E-state index in [4.69, 9.17) is 4.42 Å². The van der Waals surface area contributed by atoms with E-state index in [1.165, 1.54) is 31.2 Å².